The molecule has 0 saturated carbocycles. The fraction of sp³-hybridized carbons (Fsp3) is 0.292. The highest BCUT2D eigenvalue weighted by Crippen LogP contribution is 2.34. The first-order valence-corrected chi connectivity index (χ1v) is 11.7. The van der Waals surface area contributed by atoms with Crippen LogP contribution in [0.15, 0.2) is 53.3 Å². The van der Waals surface area contributed by atoms with Crippen molar-refractivity contribution >= 4 is 28.8 Å². The van der Waals surface area contributed by atoms with Crippen LogP contribution in [0.5, 0.6) is 11.5 Å². The molecule has 37 heavy (non-hydrogen) atoms. The van der Waals surface area contributed by atoms with Crippen molar-refractivity contribution in [3.8, 4) is 17.2 Å². The second-order valence-electron chi connectivity index (χ2n) is 8.18. The number of ether oxygens (including phenoxy) is 2. The molecule has 0 atom stereocenters. The van der Waals surface area contributed by atoms with E-state index in [2.05, 4.69) is 9.47 Å². The third kappa shape index (κ3) is 6.28. The summed E-state index contributed by atoms with van der Waals surface area (Å²) in [5, 5.41) is 0.372. The van der Waals surface area contributed by atoms with Gasteiger partial charge in [0.1, 0.15) is 16.5 Å². The van der Waals surface area contributed by atoms with E-state index in [4.69, 9.17) is 23.2 Å². The van der Waals surface area contributed by atoms with E-state index in [9.17, 15) is 26.7 Å². The molecule has 0 bridgehead atoms. The fourth-order valence-corrected chi connectivity index (χ4v) is 4.56. The van der Waals surface area contributed by atoms with E-state index >= 15 is 0 Å². The molecule has 0 amide bonds. The molecule has 3 aromatic rings. The van der Waals surface area contributed by atoms with E-state index in [1.54, 1.807) is 13.1 Å². The lowest BCUT2D eigenvalue weighted by Gasteiger charge is -2.27. The number of hydrogen-bond acceptors (Lipinski definition) is 4. The third-order valence-electron chi connectivity index (χ3n) is 5.81. The Bertz CT molecular complexity index is 1370. The van der Waals surface area contributed by atoms with Gasteiger partial charge >= 0.3 is 13.0 Å². The van der Waals surface area contributed by atoms with Crippen molar-refractivity contribution < 1.29 is 31.4 Å². The van der Waals surface area contributed by atoms with Crippen molar-refractivity contribution in [1.29, 1.82) is 0 Å². The van der Waals surface area contributed by atoms with Gasteiger partial charge in [0.15, 0.2) is 0 Å². The van der Waals surface area contributed by atoms with Gasteiger partial charge in [0.2, 0.25) is 0 Å². The van der Waals surface area contributed by atoms with Crippen LogP contribution in [0.25, 0.3) is 11.3 Å². The highest BCUT2D eigenvalue weighted by Gasteiger charge is 2.31. The largest absolute Gasteiger partial charge is 0.573 e. The van der Waals surface area contributed by atoms with Crippen LogP contribution < -0.4 is 15.0 Å². The molecule has 0 spiro atoms. The Balaban J connectivity index is 1.53. The van der Waals surface area contributed by atoms with Gasteiger partial charge in [0.05, 0.1) is 11.4 Å². The number of hydrogen-bond donors (Lipinski definition) is 0. The van der Waals surface area contributed by atoms with E-state index in [1.165, 1.54) is 33.6 Å². The lowest BCUT2D eigenvalue weighted by molar-refractivity contribution is -0.274. The van der Waals surface area contributed by atoms with Crippen LogP contribution in [0.3, 0.4) is 0 Å². The molecule has 0 aliphatic carbocycles. The smallest absolute Gasteiger partial charge is 0.434 e. The summed E-state index contributed by atoms with van der Waals surface area (Å²) in [6.45, 7) is -1.70. The van der Waals surface area contributed by atoms with Gasteiger partial charge in [0.25, 0.3) is 5.56 Å². The molecule has 0 N–H and O–H groups in total. The summed E-state index contributed by atoms with van der Waals surface area (Å²) in [5.74, 6) is -0.379. The summed E-state index contributed by atoms with van der Waals surface area (Å²) in [7, 11) is 1.62. The molecule has 198 valence electrons. The number of nitrogens with zero attached hydrogens (tertiary/aromatic N) is 3. The van der Waals surface area contributed by atoms with Crippen LogP contribution >= 0.6 is 23.2 Å². The third-order valence-corrected chi connectivity index (χ3v) is 6.42. The van der Waals surface area contributed by atoms with E-state index in [0.29, 0.717) is 48.0 Å². The average Bonchev–Trinajstić information content (AvgIpc) is 3.03. The zero-order chi connectivity index (χ0) is 26.9. The predicted molar refractivity (Wildman–Crippen MR) is 129 cm³/mol. The standard InChI is InChI=1S/C24H20Cl2F5N3O3/c1-32-19(21(26)22(35)34(32)16-3-5-17(6-4-16)37-24(29,30)31)13-33-10-8-14(9-11-33)18-12-15(25)2-7-20(18)36-23(27)28/h2-8,12,23H,9-11,13H2,1H3. The Morgan fingerprint density at radius 1 is 1.08 bits per heavy atom. The molecule has 0 saturated heterocycles. The van der Waals surface area contributed by atoms with Gasteiger partial charge < -0.3 is 9.47 Å². The molecule has 0 unspecified atom stereocenters. The zero-order valence-corrected chi connectivity index (χ0v) is 20.7. The zero-order valence-electron chi connectivity index (χ0n) is 19.2. The lowest BCUT2D eigenvalue weighted by Crippen LogP contribution is -2.29. The van der Waals surface area contributed by atoms with Crippen LogP contribution in [-0.4, -0.2) is 40.3 Å². The SMILES string of the molecule is Cn1c(CN2CC=C(c3cc(Cl)ccc3OC(F)F)CC2)c(Cl)c(=O)n1-c1ccc(OC(F)(F)F)cc1. The summed E-state index contributed by atoms with van der Waals surface area (Å²) in [6.07, 6.45) is -2.45. The Morgan fingerprint density at radius 3 is 2.38 bits per heavy atom. The maximum atomic E-state index is 12.8. The van der Waals surface area contributed by atoms with E-state index in [-0.39, 0.29) is 10.8 Å². The van der Waals surface area contributed by atoms with Crippen LogP contribution in [0.2, 0.25) is 10.0 Å². The van der Waals surface area contributed by atoms with Crippen LogP contribution in [0.1, 0.15) is 17.7 Å². The normalized spacial score (nSPS) is 14.7. The minimum absolute atomic E-state index is 0.0182. The van der Waals surface area contributed by atoms with Crippen LogP contribution in [-0.2, 0) is 13.6 Å². The van der Waals surface area contributed by atoms with Gasteiger partial charge in [0, 0.05) is 37.3 Å². The number of aromatic nitrogens is 2. The number of halogens is 7. The first-order valence-electron chi connectivity index (χ1n) is 10.9. The molecule has 0 radical (unpaired) electrons. The monoisotopic (exact) mass is 563 g/mol. The molecule has 2 aromatic carbocycles. The fourth-order valence-electron chi connectivity index (χ4n) is 4.13. The van der Waals surface area contributed by atoms with Crippen LogP contribution in [0, 0.1) is 0 Å². The number of benzene rings is 2. The van der Waals surface area contributed by atoms with Crippen molar-refractivity contribution in [3.63, 3.8) is 0 Å². The highest BCUT2D eigenvalue weighted by molar-refractivity contribution is 6.31. The molecule has 0 fully saturated rings. The first kappa shape index (κ1) is 27.0. The van der Waals surface area contributed by atoms with Crippen LogP contribution in [0.4, 0.5) is 22.0 Å². The number of rotatable bonds is 7. The molecular weight excluding hydrogens is 544 g/mol. The molecule has 4 rings (SSSR count). The average molecular weight is 564 g/mol. The summed E-state index contributed by atoms with van der Waals surface area (Å²) in [6, 6.07) is 9.31. The Kier molecular flexibility index (Phi) is 7.86. The Hall–Kier alpha value is -3.02. The second-order valence-corrected chi connectivity index (χ2v) is 8.99. The molecule has 6 nitrogen and oxygen atoms in total. The Morgan fingerprint density at radius 2 is 1.78 bits per heavy atom. The van der Waals surface area contributed by atoms with Gasteiger partial charge in [-0.3, -0.25) is 14.4 Å². The van der Waals surface area contributed by atoms with Gasteiger partial charge in [-0.1, -0.05) is 29.3 Å². The molecule has 13 heteroatoms. The van der Waals surface area contributed by atoms with Crippen molar-refractivity contribution in [1.82, 2.24) is 14.3 Å². The van der Waals surface area contributed by atoms with Gasteiger partial charge in [-0.25, -0.2) is 4.68 Å². The van der Waals surface area contributed by atoms with Gasteiger partial charge in [-0.2, -0.15) is 8.78 Å². The molecule has 1 aromatic heterocycles. The highest BCUT2D eigenvalue weighted by atomic mass is 35.5. The van der Waals surface area contributed by atoms with E-state index in [0.717, 1.165) is 17.7 Å². The lowest BCUT2D eigenvalue weighted by atomic mass is 9.98. The maximum Gasteiger partial charge on any atom is 0.573 e. The molecule has 2 heterocycles. The number of alkyl halides is 5. The van der Waals surface area contributed by atoms with E-state index < -0.39 is 24.3 Å². The van der Waals surface area contributed by atoms with E-state index in [1.807, 2.05) is 11.0 Å². The maximum absolute atomic E-state index is 12.8. The quantitative estimate of drug-likeness (QED) is 0.318. The summed E-state index contributed by atoms with van der Waals surface area (Å²) in [5.41, 5.74) is 1.58. The summed E-state index contributed by atoms with van der Waals surface area (Å²) >= 11 is 12.4. The molecule has 1 aliphatic heterocycles. The van der Waals surface area contributed by atoms with Crippen molar-refractivity contribution in [3.05, 3.63) is 80.2 Å². The van der Waals surface area contributed by atoms with Crippen molar-refractivity contribution in [2.45, 2.75) is 25.9 Å². The molecule has 1 aliphatic rings. The Labute approximate surface area is 218 Å². The van der Waals surface area contributed by atoms with Crippen molar-refractivity contribution in [2.24, 2.45) is 7.05 Å². The minimum atomic E-state index is -4.83. The second kappa shape index (κ2) is 10.8. The summed E-state index contributed by atoms with van der Waals surface area (Å²) < 4.78 is 74.2. The van der Waals surface area contributed by atoms with Crippen molar-refractivity contribution in [2.75, 3.05) is 13.1 Å². The topological polar surface area (TPSA) is 48.6 Å². The molecular formula is C24H20Cl2F5N3O3. The van der Waals surface area contributed by atoms with Gasteiger partial charge in [-0.05, 0) is 54.5 Å². The summed E-state index contributed by atoms with van der Waals surface area (Å²) in [4.78, 5) is 14.8. The predicted octanol–water partition coefficient (Wildman–Crippen LogP) is 6.27. The minimum Gasteiger partial charge on any atom is -0.434 e. The van der Waals surface area contributed by atoms with Gasteiger partial charge in [-0.15, -0.1) is 13.2 Å². The first-order chi connectivity index (χ1) is 17.4.